The first-order chi connectivity index (χ1) is 11.1. The Bertz CT molecular complexity index is 554. The molecule has 0 spiro atoms. The predicted molar refractivity (Wildman–Crippen MR) is 88.2 cm³/mol. The van der Waals surface area contributed by atoms with E-state index in [1.54, 1.807) is 23.1 Å². The van der Waals surface area contributed by atoms with E-state index in [0.29, 0.717) is 31.7 Å². The number of carbonyl (C=O) groups excluding carboxylic acids is 1. The maximum atomic E-state index is 13.1. The van der Waals surface area contributed by atoms with Gasteiger partial charge in [-0.25, -0.2) is 0 Å². The summed E-state index contributed by atoms with van der Waals surface area (Å²) in [5, 5.41) is 14.6. The van der Waals surface area contributed by atoms with E-state index in [-0.39, 0.29) is 11.6 Å². The van der Waals surface area contributed by atoms with Crippen LogP contribution >= 0.6 is 0 Å². The largest absolute Gasteiger partial charge is 0.338 e. The number of carbonyl (C=O) groups is 1. The zero-order valence-corrected chi connectivity index (χ0v) is 13.7. The van der Waals surface area contributed by atoms with Crippen molar-refractivity contribution in [2.24, 2.45) is 0 Å². The zero-order valence-electron chi connectivity index (χ0n) is 13.7. The van der Waals surface area contributed by atoms with Crippen LogP contribution in [0.4, 0.5) is 5.69 Å². The van der Waals surface area contributed by atoms with Gasteiger partial charge in [-0.15, -0.1) is 0 Å². The Morgan fingerprint density at radius 1 is 1.30 bits per heavy atom. The molecule has 1 saturated heterocycles. The molecule has 1 aromatic rings. The third-order valence-electron chi connectivity index (χ3n) is 4.27. The van der Waals surface area contributed by atoms with Crippen molar-refractivity contribution in [2.45, 2.75) is 19.9 Å². The number of nitrogens with zero attached hydrogens (tertiary/aromatic N) is 3. The number of amides is 1. The van der Waals surface area contributed by atoms with E-state index in [1.807, 2.05) is 18.7 Å². The van der Waals surface area contributed by atoms with E-state index in [2.05, 4.69) is 5.32 Å². The summed E-state index contributed by atoms with van der Waals surface area (Å²) in [4.78, 5) is 27.8. The summed E-state index contributed by atoms with van der Waals surface area (Å²) in [6.45, 7) is 8.04. The normalized spacial score (nSPS) is 16.4. The van der Waals surface area contributed by atoms with E-state index < -0.39 is 11.0 Å². The number of para-hydroxylation sites is 1. The number of nitrogens with one attached hydrogen (secondary N) is 1. The lowest BCUT2D eigenvalue weighted by molar-refractivity contribution is -0.385. The van der Waals surface area contributed by atoms with Gasteiger partial charge in [-0.3, -0.25) is 19.8 Å². The van der Waals surface area contributed by atoms with Gasteiger partial charge in [-0.1, -0.05) is 32.0 Å². The van der Waals surface area contributed by atoms with Gasteiger partial charge in [0, 0.05) is 32.2 Å². The number of benzene rings is 1. The smallest absolute Gasteiger partial charge is 0.274 e. The Balaban J connectivity index is 2.42. The molecule has 1 fully saturated rings. The second-order valence-electron chi connectivity index (χ2n) is 5.51. The maximum absolute atomic E-state index is 13.1. The third kappa shape index (κ3) is 3.86. The van der Waals surface area contributed by atoms with E-state index in [4.69, 9.17) is 0 Å². The highest BCUT2D eigenvalue weighted by atomic mass is 16.6. The van der Waals surface area contributed by atoms with Crippen LogP contribution in [-0.2, 0) is 4.79 Å². The molecule has 0 saturated carbocycles. The van der Waals surface area contributed by atoms with Gasteiger partial charge in [0.15, 0.2) is 0 Å². The van der Waals surface area contributed by atoms with Gasteiger partial charge in [0.1, 0.15) is 6.04 Å². The van der Waals surface area contributed by atoms with Crippen LogP contribution in [0.5, 0.6) is 0 Å². The highest BCUT2D eigenvalue weighted by molar-refractivity contribution is 5.84. The number of hydrogen-bond acceptors (Lipinski definition) is 5. The van der Waals surface area contributed by atoms with Crippen molar-refractivity contribution >= 4 is 11.6 Å². The number of rotatable bonds is 6. The van der Waals surface area contributed by atoms with Crippen LogP contribution in [-0.4, -0.2) is 59.9 Å². The Kier molecular flexibility index (Phi) is 6.06. The minimum atomic E-state index is -0.607. The fraction of sp³-hybridized carbons (Fsp3) is 0.562. The first-order valence-corrected chi connectivity index (χ1v) is 8.07. The first kappa shape index (κ1) is 17.4. The Labute approximate surface area is 136 Å². The maximum Gasteiger partial charge on any atom is 0.274 e. The number of piperazine rings is 1. The van der Waals surface area contributed by atoms with Gasteiger partial charge < -0.3 is 10.2 Å². The Morgan fingerprint density at radius 2 is 1.91 bits per heavy atom. The number of hydrogen-bond donors (Lipinski definition) is 1. The zero-order chi connectivity index (χ0) is 16.8. The van der Waals surface area contributed by atoms with Crippen molar-refractivity contribution in [1.29, 1.82) is 0 Å². The van der Waals surface area contributed by atoms with Crippen LogP contribution in [0.25, 0.3) is 0 Å². The summed E-state index contributed by atoms with van der Waals surface area (Å²) in [7, 11) is 0. The van der Waals surface area contributed by atoms with Crippen LogP contribution in [0.2, 0.25) is 0 Å². The van der Waals surface area contributed by atoms with Crippen molar-refractivity contribution < 1.29 is 9.72 Å². The van der Waals surface area contributed by atoms with Crippen LogP contribution in [0.15, 0.2) is 24.3 Å². The number of nitro benzene ring substituents is 1. The fourth-order valence-corrected chi connectivity index (χ4v) is 3.02. The predicted octanol–water partition coefficient (Wildman–Crippen LogP) is 1.41. The van der Waals surface area contributed by atoms with E-state index in [0.717, 1.165) is 13.1 Å². The molecule has 2 rings (SSSR count). The molecule has 1 aliphatic rings. The molecule has 0 aliphatic carbocycles. The lowest BCUT2D eigenvalue weighted by atomic mass is 10.0. The molecule has 23 heavy (non-hydrogen) atoms. The van der Waals surface area contributed by atoms with Gasteiger partial charge in [-0.2, -0.15) is 0 Å². The van der Waals surface area contributed by atoms with Gasteiger partial charge in [-0.05, 0) is 13.1 Å². The summed E-state index contributed by atoms with van der Waals surface area (Å²) >= 11 is 0. The molecule has 126 valence electrons. The molecule has 1 atom stereocenters. The topological polar surface area (TPSA) is 78.7 Å². The summed E-state index contributed by atoms with van der Waals surface area (Å²) < 4.78 is 0. The minimum Gasteiger partial charge on any atom is -0.338 e. The van der Waals surface area contributed by atoms with Crippen molar-refractivity contribution in [3.8, 4) is 0 Å². The molecular formula is C16H24N4O3. The molecule has 1 aromatic carbocycles. The van der Waals surface area contributed by atoms with Gasteiger partial charge >= 0.3 is 0 Å². The highest BCUT2D eigenvalue weighted by Gasteiger charge is 2.34. The number of likely N-dealkylation sites (N-methyl/N-ethyl adjacent to an activating group) is 1. The molecule has 0 bridgehead atoms. The van der Waals surface area contributed by atoms with Crippen LogP contribution in [0.1, 0.15) is 25.5 Å². The molecule has 1 unspecified atom stereocenters. The van der Waals surface area contributed by atoms with Crippen molar-refractivity contribution in [2.75, 3.05) is 39.3 Å². The van der Waals surface area contributed by atoms with Gasteiger partial charge in [0.05, 0.1) is 10.5 Å². The second kappa shape index (κ2) is 8.03. The minimum absolute atomic E-state index is 0.00730. The molecule has 7 nitrogen and oxygen atoms in total. The van der Waals surface area contributed by atoms with Crippen molar-refractivity contribution in [1.82, 2.24) is 15.1 Å². The quantitative estimate of drug-likeness (QED) is 0.633. The first-order valence-electron chi connectivity index (χ1n) is 8.07. The van der Waals surface area contributed by atoms with Gasteiger partial charge in [0.2, 0.25) is 5.91 Å². The van der Waals surface area contributed by atoms with Crippen molar-refractivity contribution in [3.05, 3.63) is 39.9 Å². The third-order valence-corrected chi connectivity index (χ3v) is 4.27. The standard InChI is InChI=1S/C16H24N4O3/c1-3-18(4-2)15(16(21)19-11-9-17-10-12-19)13-7-5-6-8-14(13)20(22)23/h5-8,15,17H,3-4,9-12H2,1-2H3. The average Bonchev–Trinajstić information content (AvgIpc) is 2.59. The van der Waals surface area contributed by atoms with Gasteiger partial charge in [0.25, 0.3) is 5.69 Å². The molecule has 1 aliphatic heterocycles. The SMILES string of the molecule is CCN(CC)C(C(=O)N1CCNCC1)c1ccccc1[N+](=O)[O-]. The van der Waals surface area contributed by atoms with E-state index in [9.17, 15) is 14.9 Å². The Hall–Kier alpha value is -1.99. The fourth-order valence-electron chi connectivity index (χ4n) is 3.02. The second-order valence-corrected chi connectivity index (χ2v) is 5.51. The van der Waals surface area contributed by atoms with Crippen LogP contribution < -0.4 is 5.32 Å². The van der Waals surface area contributed by atoms with E-state index >= 15 is 0 Å². The summed E-state index contributed by atoms with van der Waals surface area (Å²) in [5.74, 6) is -0.0514. The lowest BCUT2D eigenvalue weighted by Gasteiger charge is -2.35. The Morgan fingerprint density at radius 3 is 2.48 bits per heavy atom. The molecule has 0 aromatic heterocycles. The highest BCUT2D eigenvalue weighted by Crippen LogP contribution is 2.30. The molecule has 1 heterocycles. The van der Waals surface area contributed by atoms with Crippen LogP contribution in [0, 0.1) is 10.1 Å². The summed E-state index contributed by atoms with van der Waals surface area (Å²) in [6.07, 6.45) is 0. The summed E-state index contributed by atoms with van der Waals surface area (Å²) in [5.41, 5.74) is 0.484. The molecule has 0 radical (unpaired) electrons. The number of nitro groups is 1. The molecule has 1 N–H and O–H groups in total. The molecule has 1 amide bonds. The molecular weight excluding hydrogens is 296 g/mol. The van der Waals surface area contributed by atoms with Crippen LogP contribution in [0.3, 0.4) is 0 Å². The summed E-state index contributed by atoms with van der Waals surface area (Å²) in [6, 6.07) is 5.95. The van der Waals surface area contributed by atoms with Crippen molar-refractivity contribution in [3.63, 3.8) is 0 Å². The van der Waals surface area contributed by atoms with E-state index in [1.165, 1.54) is 6.07 Å². The lowest BCUT2D eigenvalue weighted by Crippen LogP contribution is -2.50. The molecule has 7 heteroatoms. The average molecular weight is 320 g/mol. The monoisotopic (exact) mass is 320 g/mol.